The fourth-order valence-corrected chi connectivity index (χ4v) is 1.56. The van der Waals surface area contributed by atoms with Crippen LogP contribution in [0.25, 0.3) is 0 Å². The highest BCUT2D eigenvalue weighted by molar-refractivity contribution is 5.43. The molecule has 0 aromatic carbocycles. The minimum atomic E-state index is 0.481. The minimum Gasteiger partial charge on any atom is -0.389 e. The summed E-state index contributed by atoms with van der Waals surface area (Å²) in [5.41, 5.74) is 3.54. The number of nitrogens with one attached hydrogen (secondary N) is 2. The SMILES string of the molecule is C=C(/C=C\C1=CCC(NC)C=C1C)NC. The first-order valence-electron chi connectivity index (χ1n) is 5.28. The van der Waals surface area contributed by atoms with E-state index in [1.54, 1.807) is 0 Å². The van der Waals surface area contributed by atoms with Crippen molar-refractivity contribution in [1.82, 2.24) is 10.6 Å². The molecule has 82 valence electrons. The lowest BCUT2D eigenvalue weighted by Crippen LogP contribution is -2.24. The van der Waals surface area contributed by atoms with Crippen molar-refractivity contribution in [2.45, 2.75) is 19.4 Å². The zero-order valence-electron chi connectivity index (χ0n) is 9.80. The summed E-state index contributed by atoms with van der Waals surface area (Å²) in [6.45, 7) is 6.00. The number of hydrogen-bond donors (Lipinski definition) is 2. The van der Waals surface area contributed by atoms with Crippen LogP contribution in [0.1, 0.15) is 13.3 Å². The van der Waals surface area contributed by atoms with Crippen LogP contribution in [-0.4, -0.2) is 20.1 Å². The second-order valence-electron chi connectivity index (χ2n) is 3.75. The number of allylic oxidation sites excluding steroid dienone is 4. The van der Waals surface area contributed by atoms with Crippen LogP contribution in [0, 0.1) is 0 Å². The molecule has 0 saturated heterocycles. The van der Waals surface area contributed by atoms with Crippen molar-refractivity contribution in [3.05, 3.63) is 47.7 Å². The van der Waals surface area contributed by atoms with Gasteiger partial charge in [0.05, 0.1) is 0 Å². The Morgan fingerprint density at radius 2 is 2.27 bits per heavy atom. The molecule has 1 aliphatic carbocycles. The fraction of sp³-hybridized carbons (Fsp3) is 0.385. The molecule has 1 aliphatic rings. The molecule has 0 saturated carbocycles. The Balaban J connectivity index is 2.66. The van der Waals surface area contributed by atoms with Crippen molar-refractivity contribution in [1.29, 1.82) is 0 Å². The summed E-state index contributed by atoms with van der Waals surface area (Å²) in [4.78, 5) is 0. The van der Waals surface area contributed by atoms with Gasteiger partial charge in [0.15, 0.2) is 0 Å². The second-order valence-corrected chi connectivity index (χ2v) is 3.75. The number of hydrogen-bond acceptors (Lipinski definition) is 2. The van der Waals surface area contributed by atoms with E-state index in [1.165, 1.54) is 11.1 Å². The maximum atomic E-state index is 3.86. The van der Waals surface area contributed by atoms with Crippen molar-refractivity contribution in [3.63, 3.8) is 0 Å². The molecule has 0 amide bonds. The van der Waals surface area contributed by atoms with E-state index in [2.05, 4.69) is 42.4 Å². The highest BCUT2D eigenvalue weighted by atomic mass is 14.9. The van der Waals surface area contributed by atoms with E-state index in [0.717, 1.165) is 12.1 Å². The Hall–Kier alpha value is -1.28. The monoisotopic (exact) mass is 204 g/mol. The number of rotatable bonds is 4. The largest absolute Gasteiger partial charge is 0.389 e. The predicted molar refractivity (Wildman–Crippen MR) is 66.6 cm³/mol. The molecule has 0 aromatic rings. The maximum Gasteiger partial charge on any atom is 0.0287 e. The van der Waals surface area contributed by atoms with Crippen molar-refractivity contribution in [3.8, 4) is 0 Å². The maximum absolute atomic E-state index is 3.86. The quantitative estimate of drug-likeness (QED) is 0.686. The van der Waals surface area contributed by atoms with Gasteiger partial charge in [-0.05, 0) is 37.6 Å². The normalized spacial score (nSPS) is 21.1. The molecule has 0 fully saturated rings. The average molecular weight is 204 g/mol. The Morgan fingerprint density at radius 3 is 2.80 bits per heavy atom. The summed E-state index contributed by atoms with van der Waals surface area (Å²) in [5.74, 6) is 0. The lowest BCUT2D eigenvalue weighted by Gasteiger charge is -2.17. The Labute approximate surface area is 92.5 Å². The lowest BCUT2D eigenvalue weighted by atomic mass is 9.95. The fourth-order valence-electron chi connectivity index (χ4n) is 1.56. The molecule has 1 rings (SSSR count). The van der Waals surface area contributed by atoms with E-state index in [0.29, 0.717) is 6.04 Å². The highest BCUT2D eigenvalue weighted by Gasteiger charge is 2.08. The van der Waals surface area contributed by atoms with Gasteiger partial charge in [0.2, 0.25) is 0 Å². The molecular formula is C13H20N2. The first-order chi connectivity index (χ1) is 7.17. The van der Waals surface area contributed by atoms with Crippen LogP contribution in [0.3, 0.4) is 0 Å². The van der Waals surface area contributed by atoms with Gasteiger partial charge < -0.3 is 10.6 Å². The van der Waals surface area contributed by atoms with Crippen molar-refractivity contribution < 1.29 is 0 Å². The molecule has 0 spiro atoms. The van der Waals surface area contributed by atoms with E-state index >= 15 is 0 Å². The minimum absolute atomic E-state index is 0.481. The summed E-state index contributed by atoms with van der Waals surface area (Å²) < 4.78 is 0. The lowest BCUT2D eigenvalue weighted by molar-refractivity contribution is 0.665. The molecule has 1 unspecified atom stereocenters. The zero-order valence-corrected chi connectivity index (χ0v) is 9.80. The van der Waals surface area contributed by atoms with Crippen LogP contribution in [-0.2, 0) is 0 Å². The third kappa shape index (κ3) is 3.40. The molecule has 0 aliphatic heterocycles. The third-order valence-electron chi connectivity index (χ3n) is 2.65. The van der Waals surface area contributed by atoms with Crippen molar-refractivity contribution in [2.24, 2.45) is 0 Å². The van der Waals surface area contributed by atoms with Gasteiger partial charge in [0.1, 0.15) is 0 Å². The van der Waals surface area contributed by atoms with Crippen LogP contribution in [0.5, 0.6) is 0 Å². The average Bonchev–Trinajstić information content (AvgIpc) is 2.26. The van der Waals surface area contributed by atoms with Crippen LogP contribution < -0.4 is 10.6 Å². The van der Waals surface area contributed by atoms with E-state index in [4.69, 9.17) is 0 Å². The van der Waals surface area contributed by atoms with Crippen LogP contribution >= 0.6 is 0 Å². The standard InChI is InChI=1S/C13H20N2/c1-10-9-13(15-4)8-7-12(10)6-5-11(2)14-3/h5-7,9,13-15H,2,8H2,1,3-4H3/b6-5-. The van der Waals surface area contributed by atoms with E-state index in [1.807, 2.05) is 20.2 Å². The summed E-state index contributed by atoms with van der Waals surface area (Å²) in [6, 6.07) is 0.481. The van der Waals surface area contributed by atoms with E-state index < -0.39 is 0 Å². The van der Waals surface area contributed by atoms with Gasteiger partial charge in [-0.1, -0.05) is 24.8 Å². The summed E-state index contributed by atoms with van der Waals surface area (Å²) in [5, 5.41) is 6.25. The molecule has 0 aromatic heterocycles. The van der Waals surface area contributed by atoms with Gasteiger partial charge in [-0.3, -0.25) is 0 Å². The van der Waals surface area contributed by atoms with Gasteiger partial charge in [-0.2, -0.15) is 0 Å². The molecule has 2 nitrogen and oxygen atoms in total. The molecule has 0 bridgehead atoms. The molecule has 1 atom stereocenters. The Kier molecular flexibility index (Phi) is 4.37. The molecular weight excluding hydrogens is 184 g/mol. The van der Waals surface area contributed by atoms with Gasteiger partial charge in [0, 0.05) is 18.8 Å². The molecule has 15 heavy (non-hydrogen) atoms. The second kappa shape index (κ2) is 5.56. The van der Waals surface area contributed by atoms with E-state index in [-0.39, 0.29) is 0 Å². The van der Waals surface area contributed by atoms with Crippen molar-refractivity contribution in [2.75, 3.05) is 14.1 Å². The third-order valence-corrected chi connectivity index (χ3v) is 2.65. The summed E-state index contributed by atoms with van der Waals surface area (Å²) >= 11 is 0. The van der Waals surface area contributed by atoms with Crippen molar-refractivity contribution >= 4 is 0 Å². The predicted octanol–water partition coefficient (Wildman–Crippen LogP) is 2.14. The molecule has 0 radical (unpaired) electrons. The van der Waals surface area contributed by atoms with Crippen LogP contribution in [0.4, 0.5) is 0 Å². The van der Waals surface area contributed by atoms with E-state index in [9.17, 15) is 0 Å². The van der Waals surface area contributed by atoms with Gasteiger partial charge >= 0.3 is 0 Å². The summed E-state index contributed by atoms with van der Waals surface area (Å²) in [6.07, 6.45) is 9.69. The number of likely N-dealkylation sites (N-methyl/N-ethyl adjacent to an activating group) is 2. The molecule has 2 N–H and O–H groups in total. The van der Waals surface area contributed by atoms with Crippen LogP contribution in [0.2, 0.25) is 0 Å². The van der Waals surface area contributed by atoms with Gasteiger partial charge in [-0.15, -0.1) is 0 Å². The smallest absolute Gasteiger partial charge is 0.0287 e. The summed E-state index contributed by atoms with van der Waals surface area (Å²) in [7, 11) is 3.87. The molecule has 2 heteroatoms. The molecule has 0 heterocycles. The topological polar surface area (TPSA) is 24.1 Å². The first kappa shape index (κ1) is 11.8. The Bertz CT molecular complexity index is 321. The highest BCUT2D eigenvalue weighted by Crippen LogP contribution is 2.19. The zero-order chi connectivity index (χ0) is 11.3. The first-order valence-corrected chi connectivity index (χ1v) is 5.28. The van der Waals surface area contributed by atoms with Crippen LogP contribution in [0.15, 0.2) is 47.7 Å². The Morgan fingerprint density at radius 1 is 1.53 bits per heavy atom. The van der Waals surface area contributed by atoms with Gasteiger partial charge in [-0.25, -0.2) is 0 Å². The van der Waals surface area contributed by atoms with Gasteiger partial charge in [0.25, 0.3) is 0 Å².